The summed E-state index contributed by atoms with van der Waals surface area (Å²) in [6.07, 6.45) is 0. The smallest absolute Gasteiger partial charge is 0.325 e. The average molecular weight is 259 g/mol. The summed E-state index contributed by atoms with van der Waals surface area (Å²) in [4.78, 5) is 26.4. The van der Waals surface area contributed by atoms with Gasteiger partial charge in [-0.25, -0.2) is 0 Å². The zero-order valence-electron chi connectivity index (χ0n) is 10.7. The number of benzene rings is 1. The van der Waals surface area contributed by atoms with Crippen LogP contribution in [0.3, 0.4) is 0 Å². The molecular formula is C13H13N3O3. The largest absolute Gasteiger partial charge is 0.468 e. The van der Waals surface area contributed by atoms with Gasteiger partial charge < -0.3 is 14.5 Å². The molecular weight excluding hydrogens is 246 g/mol. The lowest BCUT2D eigenvalue weighted by molar-refractivity contribution is -0.138. The lowest BCUT2D eigenvalue weighted by Crippen LogP contribution is -2.46. The monoisotopic (exact) mass is 259 g/mol. The van der Waals surface area contributed by atoms with Crippen LogP contribution in [0.1, 0.15) is 5.56 Å². The Bertz CT molecular complexity index is 577. The van der Waals surface area contributed by atoms with E-state index in [4.69, 9.17) is 5.26 Å². The van der Waals surface area contributed by atoms with Gasteiger partial charge in [-0.3, -0.25) is 9.59 Å². The van der Waals surface area contributed by atoms with E-state index in [1.54, 1.807) is 30.1 Å². The minimum Gasteiger partial charge on any atom is -0.468 e. The topological polar surface area (TPSA) is 73.6 Å². The molecule has 6 nitrogen and oxygen atoms in total. The number of fused-ring (bicyclic) bond motifs is 1. The molecule has 0 saturated carbocycles. The van der Waals surface area contributed by atoms with E-state index in [2.05, 4.69) is 4.74 Å². The van der Waals surface area contributed by atoms with Crippen LogP contribution in [-0.4, -0.2) is 39.1 Å². The van der Waals surface area contributed by atoms with E-state index in [0.717, 1.165) is 0 Å². The molecule has 6 heteroatoms. The van der Waals surface area contributed by atoms with Gasteiger partial charge in [0.2, 0.25) is 5.91 Å². The maximum absolute atomic E-state index is 11.9. The molecule has 1 aliphatic rings. The maximum atomic E-state index is 11.9. The van der Waals surface area contributed by atoms with Crippen LogP contribution in [0.25, 0.3) is 0 Å². The lowest BCUT2D eigenvalue weighted by Gasteiger charge is -2.34. The number of hydrogen-bond acceptors (Lipinski definition) is 5. The van der Waals surface area contributed by atoms with Gasteiger partial charge in [0.25, 0.3) is 0 Å². The van der Waals surface area contributed by atoms with E-state index < -0.39 is 5.97 Å². The fourth-order valence-corrected chi connectivity index (χ4v) is 1.98. The van der Waals surface area contributed by atoms with E-state index in [0.29, 0.717) is 16.9 Å². The highest BCUT2D eigenvalue weighted by Crippen LogP contribution is 2.33. The standard InChI is InChI=1S/C13H13N3O3/c1-15-10-4-3-9(6-14)5-11(10)16(7-12(15)17)8-13(18)19-2/h3-5H,7-8H2,1-2H3. The first kappa shape index (κ1) is 12.9. The number of nitriles is 1. The first-order valence-electron chi connectivity index (χ1n) is 5.69. The molecule has 0 aliphatic carbocycles. The number of carbonyl (C=O) groups excluding carboxylic acids is 2. The highest BCUT2D eigenvalue weighted by molar-refractivity contribution is 6.03. The summed E-state index contributed by atoms with van der Waals surface area (Å²) in [5.74, 6) is -0.535. The molecule has 2 rings (SSSR count). The molecule has 0 N–H and O–H groups in total. The van der Waals surface area contributed by atoms with Crippen LogP contribution in [0.5, 0.6) is 0 Å². The molecule has 1 amide bonds. The molecule has 0 saturated heterocycles. The van der Waals surface area contributed by atoms with Crippen molar-refractivity contribution in [1.29, 1.82) is 5.26 Å². The molecule has 0 atom stereocenters. The van der Waals surface area contributed by atoms with Crippen molar-refractivity contribution >= 4 is 23.3 Å². The van der Waals surface area contributed by atoms with E-state index in [1.807, 2.05) is 6.07 Å². The Morgan fingerprint density at radius 3 is 2.84 bits per heavy atom. The predicted octanol–water partition coefficient (Wildman–Crippen LogP) is 0.514. The molecule has 0 spiro atoms. The van der Waals surface area contributed by atoms with Crippen molar-refractivity contribution in [3.63, 3.8) is 0 Å². The zero-order chi connectivity index (χ0) is 14.0. The van der Waals surface area contributed by atoms with Crippen molar-refractivity contribution in [3.8, 4) is 6.07 Å². The quantitative estimate of drug-likeness (QED) is 0.724. The van der Waals surface area contributed by atoms with E-state index in [1.165, 1.54) is 12.0 Å². The van der Waals surface area contributed by atoms with E-state index in [9.17, 15) is 9.59 Å². The number of likely N-dealkylation sites (N-methyl/N-ethyl adjacent to an activating group) is 1. The van der Waals surface area contributed by atoms with E-state index in [-0.39, 0.29) is 19.0 Å². The summed E-state index contributed by atoms with van der Waals surface area (Å²) >= 11 is 0. The fourth-order valence-electron chi connectivity index (χ4n) is 1.98. The Morgan fingerprint density at radius 1 is 1.47 bits per heavy atom. The lowest BCUT2D eigenvalue weighted by atomic mass is 10.1. The summed E-state index contributed by atoms with van der Waals surface area (Å²) in [5.41, 5.74) is 1.85. The highest BCUT2D eigenvalue weighted by atomic mass is 16.5. The van der Waals surface area contributed by atoms with Crippen molar-refractivity contribution in [2.24, 2.45) is 0 Å². The van der Waals surface area contributed by atoms with Gasteiger partial charge in [0.05, 0.1) is 36.7 Å². The van der Waals surface area contributed by atoms with Crippen LogP contribution in [0.2, 0.25) is 0 Å². The van der Waals surface area contributed by atoms with E-state index >= 15 is 0 Å². The van der Waals surface area contributed by atoms with Crippen LogP contribution in [0.4, 0.5) is 11.4 Å². The average Bonchev–Trinajstić information content (AvgIpc) is 2.43. The van der Waals surface area contributed by atoms with Gasteiger partial charge in [0.15, 0.2) is 0 Å². The number of anilines is 2. The zero-order valence-corrected chi connectivity index (χ0v) is 10.7. The minimum absolute atomic E-state index is 0.0159. The van der Waals surface area contributed by atoms with Gasteiger partial charge in [-0.05, 0) is 18.2 Å². The van der Waals surface area contributed by atoms with Crippen LogP contribution in [0, 0.1) is 11.3 Å². The summed E-state index contributed by atoms with van der Waals surface area (Å²) < 4.78 is 4.62. The molecule has 1 heterocycles. The number of carbonyl (C=O) groups is 2. The third kappa shape index (κ3) is 2.36. The number of hydrogen-bond donors (Lipinski definition) is 0. The Kier molecular flexibility index (Phi) is 3.38. The molecule has 98 valence electrons. The molecule has 1 aromatic carbocycles. The first-order valence-corrected chi connectivity index (χ1v) is 5.69. The summed E-state index contributed by atoms with van der Waals surface area (Å²) in [5, 5.41) is 8.93. The second-order valence-corrected chi connectivity index (χ2v) is 4.20. The van der Waals surface area contributed by atoms with Gasteiger partial charge in [0.1, 0.15) is 6.54 Å². The van der Waals surface area contributed by atoms with Crippen molar-refractivity contribution in [3.05, 3.63) is 23.8 Å². The van der Waals surface area contributed by atoms with Crippen LogP contribution in [-0.2, 0) is 14.3 Å². The molecule has 19 heavy (non-hydrogen) atoms. The van der Waals surface area contributed by atoms with Crippen molar-refractivity contribution in [1.82, 2.24) is 0 Å². The third-order valence-electron chi connectivity index (χ3n) is 3.05. The fraction of sp³-hybridized carbons (Fsp3) is 0.308. The second-order valence-electron chi connectivity index (χ2n) is 4.20. The van der Waals surface area contributed by atoms with Crippen LogP contribution >= 0.6 is 0 Å². The number of nitrogens with zero attached hydrogens (tertiary/aromatic N) is 3. The molecule has 0 bridgehead atoms. The minimum atomic E-state index is -0.425. The van der Waals surface area contributed by atoms with Crippen LogP contribution < -0.4 is 9.80 Å². The Hall–Kier alpha value is -2.55. The number of amides is 1. The second kappa shape index (κ2) is 4.98. The van der Waals surface area contributed by atoms with Gasteiger partial charge in [-0.15, -0.1) is 0 Å². The Balaban J connectivity index is 2.44. The molecule has 1 aromatic rings. The molecule has 0 radical (unpaired) electrons. The number of methoxy groups -OCH3 is 1. The number of rotatable bonds is 2. The highest BCUT2D eigenvalue weighted by Gasteiger charge is 2.28. The molecule has 0 unspecified atom stereocenters. The Labute approximate surface area is 110 Å². The number of ether oxygens (including phenoxy) is 1. The van der Waals surface area contributed by atoms with Crippen molar-refractivity contribution < 1.29 is 14.3 Å². The number of esters is 1. The normalized spacial score (nSPS) is 13.8. The predicted molar refractivity (Wildman–Crippen MR) is 68.8 cm³/mol. The van der Waals surface area contributed by atoms with Crippen molar-refractivity contribution in [2.75, 3.05) is 37.0 Å². The summed E-state index contributed by atoms with van der Waals surface area (Å²) in [7, 11) is 2.97. The maximum Gasteiger partial charge on any atom is 0.325 e. The van der Waals surface area contributed by atoms with Crippen LogP contribution in [0.15, 0.2) is 18.2 Å². The van der Waals surface area contributed by atoms with Gasteiger partial charge >= 0.3 is 5.97 Å². The molecule has 0 fully saturated rings. The third-order valence-corrected chi connectivity index (χ3v) is 3.05. The van der Waals surface area contributed by atoms with Gasteiger partial charge in [-0.1, -0.05) is 0 Å². The SMILES string of the molecule is COC(=O)CN1CC(=O)N(C)c2ccc(C#N)cc21. The summed E-state index contributed by atoms with van der Waals surface area (Å²) in [6.45, 7) is 0.0748. The first-order chi connectivity index (χ1) is 9.06. The molecule has 1 aliphatic heterocycles. The van der Waals surface area contributed by atoms with Gasteiger partial charge in [0, 0.05) is 7.05 Å². The summed E-state index contributed by atoms with van der Waals surface area (Å²) in [6, 6.07) is 7.06. The van der Waals surface area contributed by atoms with Gasteiger partial charge in [-0.2, -0.15) is 5.26 Å². The molecule has 0 aromatic heterocycles. The van der Waals surface area contributed by atoms with Crippen molar-refractivity contribution in [2.45, 2.75) is 0 Å². The Morgan fingerprint density at radius 2 is 2.21 bits per heavy atom.